The van der Waals surface area contributed by atoms with Gasteiger partial charge in [0.1, 0.15) is 0 Å². The molecule has 5 heteroatoms. The third-order valence-corrected chi connectivity index (χ3v) is 2.64. The number of guanidine groups is 1. The molecule has 106 valence electrons. The van der Waals surface area contributed by atoms with E-state index in [0.717, 1.165) is 23.6 Å². The van der Waals surface area contributed by atoms with E-state index < -0.39 is 0 Å². The first kappa shape index (κ1) is 15.5. The van der Waals surface area contributed by atoms with Gasteiger partial charge in [0.2, 0.25) is 0 Å². The van der Waals surface area contributed by atoms with E-state index in [9.17, 15) is 5.11 Å². The normalized spacial score (nSPS) is 11.4. The van der Waals surface area contributed by atoms with Crippen LogP contribution in [0.15, 0.2) is 29.3 Å². The van der Waals surface area contributed by atoms with Crippen LogP contribution in [0.2, 0.25) is 0 Å². The molecule has 0 aliphatic heterocycles. The van der Waals surface area contributed by atoms with Gasteiger partial charge in [-0.1, -0.05) is 24.3 Å². The minimum atomic E-state index is 0.0410. The Morgan fingerprint density at radius 3 is 2.63 bits per heavy atom. The fourth-order valence-corrected chi connectivity index (χ4v) is 1.64. The number of methoxy groups -OCH3 is 1. The molecule has 1 aromatic rings. The first-order valence-electron chi connectivity index (χ1n) is 6.50. The second-order valence-electron chi connectivity index (χ2n) is 4.04. The Hall–Kier alpha value is -1.59. The Kier molecular flexibility index (Phi) is 7.62. The van der Waals surface area contributed by atoms with Crippen LogP contribution < -0.4 is 10.6 Å². The van der Waals surface area contributed by atoms with Gasteiger partial charge in [-0.15, -0.1) is 0 Å². The van der Waals surface area contributed by atoms with Crippen molar-refractivity contribution < 1.29 is 9.84 Å². The van der Waals surface area contributed by atoms with Gasteiger partial charge in [0.15, 0.2) is 5.96 Å². The molecule has 0 aliphatic rings. The number of nitrogens with one attached hydrogen (secondary N) is 2. The number of ether oxygens (including phenoxy) is 1. The lowest BCUT2D eigenvalue weighted by molar-refractivity contribution is 0.203. The Morgan fingerprint density at radius 1 is 1.26 bits per heavy atom. The summed E-state index contributed by atoms with van der Waals surface area (Å²) < 4.78 is 4.99. The first-order chi connectivity index (χ1) is 9.31. The van der Waals surface area contributed by atoms with Crippen LogP contribution in [-0.4, -0.2) is 37.9 Å². The average Bonchev–Trinajstić information content (AvgIpc) is 2.45. The largest absolute Gasteiger partial charge is 0.392 e. The Morgan fingerprint density at radius 2 is 2.00 bits per heavy atom. The van der Waals surface area contributed by atoms with Crippen molar-refractivity contribution in [2.75, 3.05) is 26.8 Å². The molecule has 1 aromatic carbocycles. The molecule has 3 N–H and O–H groups in total. The van der Waals surface area contributed by atoms with Gasteiger partial charge >= 0.3 is 0 Å². The smallest absolute Gasteiger partial charge is 0.191 e. The van der Waals surface area contributed by atoms with Crippen LogP contribution >= 0.6 is 0 Å². The standard InChI is InChI=1S/C14H23N3O2/c1-3-15-14(16-8-9-19-2)17-10-12-6-4-5-7-13(12)11-18/h4-7,18H,3,8-11H2,1-2H3,(H2,15,16,17). The Labute approximate surface area is 114 Å². The van der Waals surface area contributed by atoms with Crippen molar-refractivity contribution in [2.45, 2.75) is 20.1 Å². The average molecular weight is 265 g/mol. The summed E-state index contributed by atoms with van der Waals surface area (Å²) >= 11 is 0. The van der Waals surface area contributed by atoms with Gasteiger partial charge in [0, 0.05) is 20.2 Å². The zero-order valence-electron chi connectivity index (χ0n) is 11.6. The number of aliphatic imine (C=N–C) groups is 1. The molecule has 0 bridgehead atoms. The molecule has 1 rings (SSSR count). The minimum Gasteiger partial charge on any atom is -0.392 e. The van der Waals surface area contributed by atoms with Crippen LogP contribution in [-0.2, 0) is 17.9 Å². The van der Waals surface area contributed by atoms with Gasteiger partial charge in [0.25, 0.3) is 0 Å². The van der Waals surface area contributed by atoms with Crippen molar-refractivity contribution in [2.24, 2.45) is 4.99 Å². The van der Waals surface area contributed by atoms with Crippen LogP contribution in [0.25, 0.3) is 0 Å². The van der Waals surface area contributed by atoms with E-state index in [1.54, 1.807) is 7.11 Å². The fraction of sp³-hybridized carbons (Fsp3) is 0.500. The van der Waals surface area contributed by atoms with Crippen molar-refractivity contribution in [3.8, 4) is 0 Å². The van der Waals surface area contributed by atoms with E-state index in [4.69, 9.17) is 4.74 Å². The molecule has 0 aromatic heterocycles. The van der Waals surface area contributed by atoms with Gasteiger partial charge in [0.05, 0.1) is 19.8 Å². The quantitative estimate of drug-likeness (QED) is 0.389. The van der Waals surface area contributed by atoms with Gasteiger partial charge in [-0.3, -0.25) is 0 Å². The second-order valence-corrected chi connectivity index (χ2v) is 4.04. The summed E-state index contributed by atoms with van der Waals surface area (Å²) in [5, 5.41) is 15.6. The SMILES string of the molecule is CCNC(=NCc1ccccc1CO)NCCOC. The van der Waals surface area contributed by atoms with Crippen molar-refractivity contribution in [1.82, 2.24) is 10.6 Å². The zero-order chi connectivity index (χ0) is 13.9. The van der Waals surface area contributed by atoms with Crippen LogP contribution in [0.3, 0.4) is 0 Å². The summed E-state index contributed by atoms with van der Waals surface area (Å²) in [4.78, 5) is 4.49. The van der Waals surface area contributed by atoms with E-state index in [1.165, 1.54) is 0 Å². The molecule has 0 saturated carbocycles. The van der Waals surface area contributed by atoms with Crippen molar-refractivity contribution in [1.29, 1.82) is 0 Å². The molecule has 0 amide bonds. The fourth-order valence-electron chi connectivity index (χ4n) is 1.64. The summed E-state index contributed by atoms with van der Waals surface area (Å²) in [6.07, 6.45) is 0. The Bertz CT molecular complexity index is 394. The molecule has 0 unspecified atom stereocenters. The third-order valence-electron chi connectivity index (χ3n) is 2.64. The summed E-state index contributed by atoms with van der Waals surface area (Å²) in [5.41, 5.74) is 1.95. The topological polar surface area (TPSA) is 65.9 Å². The predicted molar refractivity (Wildman–Crippen MR) is 77.1 cm³/mol. The van der Waals surface area contributed by atoms with Gasteiger partial charge in [-0.25, -0.2) is 4.99 Å². The number of aliphatic hydroxyl groups is 1. The molecule has 0 saturated heterocycles. The molecule has 0 spiro atoms. The van der Waals surface area contributed by atoms with E-state index in [1.807, 2.05) is 31.2 Å². The lowest BCUT2D eigenvalue weighted by atomic mass is 10.1. The molecular formula is C14H23N3O2. The molecule has 0 atom stereocenters. The van der Waals surface area contributed by atoms with Crippen LogP contribution in [0.5, 0.6) is 0 Å². The maximum atomic E-state index is 9.26. The van der Waals surface area contributed by atoms with Crippen molar-refractivity contribution >= 4 is 5.96 Å². The molecule has 0 heterocycles. The van der Waals surface area contributed by atoms with E-state index >= 15 is 0 Å². The monoisotopic (exact) mass is 265 g/mol. The summed E-state index contributed by atoms with van der Waals surface area (Å²) in [7, 11) is 1.67. The second kappa shape index (κ2) is 9.35. The molecule has 0 radical (unpaired) electrons. The molecule has 5 nitrogen and oxygen atoms in total. The maximum Gasteiger partial charge on any atom is 0.191 e. The molecule has 0 aliphatic carbocycles. The van der Waals surface area contributed by atoms with Crippen LogP contribution in [0, 0.1) is 0 Å². The number of nitrogens with zero attached hydrogens (tertiary/aromatic N) is 1. The van der Waals surface area contributed by atoms with Crippen LogP contribution in [0.4, 0.5) is 0 Å². The third kappa shape index (κ3) is 5.72. The van der Waals surface area contributed by atoms with Gasteiger partial charge in [-0.2, -0.15) is 0 Å². The highest BCUT2D eigenvalue weighted by Crippen LogP contribution is 2.09. The first-order valence-corrected chi connectivity index (χ1v) is 6.50. The van der Waals surface area contributed by atoms with Gasteiger partial charge < -0.3 is 20.5 Å². The lowest BCUT2D eigenvalue weighted by Crippen LogP contribution is -2.38. The van der Waals surface area contributed by atoms with Crippen molar-refractivity contribution in [3.05, 3.63) is 35.4 Å². The molecule has 19 heavy (non-hydrogen) atoms. The minimum absolute atomic E-state index is 0.0410. The number of rotatable bonds is 7. The van der Waals surface area contributed by atoms with Crippen LogP contribution in [0.1, 0.15) is 18.1 Å². The van der Waals surface area contributed by atoms with Crippen molar-refractivity contribution in [3.63, 3.8) is 0 Å². The van der Waals surface area contributed by atoms with Gasteiger partial charge in [-0.05, 0) is 18.1 Å². The highest BCUT2D eigenvalue weighted by Gasteiger charge is 2.01. The molecule has 0 fully saturated rings. The number of aliphatic hydroxyl groups excluding tert-OH is 1. The van der Waals surface area contributed by atoms with E-state index in [2.05, 4.69) is 15.6 Å². The maximum absolute atomic E-state index is 9.26. The number of hydrogen-bond acceptors (Lipinski definition) is 3. The zero-order valence-corrected chi connectivity index (χ0v) is 11.6. The number of benzene rings is 1. The highest BCUT2D eigenvalue weighted by molar-refractivity contribution is 5.79. The highest BCUT2D eigenvalue weighted by atomic mass is 16.5. The summed E-state index contributed by atoms with van der Waals surface area (Å²) in [6, 6.07) is 7.76. The number of hydrogen-bond donors (Lipinski definition) is 3. The predicted octanol–water partition coefficient (Wildman–Crippen LogP) is 0.880. The summed E-state index contributed by atoms with van der Waals surface area (Å²) in [5.74, 6) is 0.757. The summed E-state index contributed by atoms with van der Waals surface area (Å²) in [6.45, 7) is 4.76. The Balaban J connectivity index is 2.62. The van der Waals surface area contributed by atoms with E-state index in [-0.39, 0.29) is 6.61 Å². The molecular weight excluding hydrogens is 242 g/mol. The lowest BCUT2D eigenvalue weighted by Gasteiger charge is -2.11. The van der Waals surface area contributed by atoms with E-state index in [0.29, 0.717) is 19.7 Å².